The highest BCUT2D eigenvalue weighted by Crippen LogP contribution is 1.99. The first-order valence-corrected chi connectivity index (χ1v) is 6.74. The molecule has 0 heterocycles. The monoisotopic (exact) mass is 229 g/mol. The second-order valence-electron chi connectivity index (χ2n) is 4.77. The van der Waals surface area contributed by atoms with E-state index in [2.05, 4.69) is 50.0 Å². The third-order valence-electron chi connectivity index (χ3n) is 2.87. The largest absolute Gasteiger partial charge is 0.313 e. The number of likely N-dealkylation sites (N-methyl/N-ethyl adjacent to an activating group) is 2. The Labute approximate surface area is 102 Å². The number of rotatable bonds is 10. The fourth-order valence-corrected chi connectivity index (χ4v) is 1.89. The van der Waals surface area contributed by atoms with Gasteiger partial charge in [-0.1, -0.05) is 20.8 Å². The standard InChI is InChI=1S/C13H31N3/c1-6-9-16(11-10-15(4)5)12-13(7-2)14-8-3/h13-14H,6-12H2,1-5H3. The van der Waals surface area contributed by atoms with Crippen LogP contribution in [0.25, 0.3) is 0 Å². The van der Waals surface area contributed by atoms with Crippen molar-refractivity contribution in [2.45, 2.75) is 39.7 Å². The lowest BCUT2D eigenvalue weighted by Crippen LogP contribution is -2.43. The van der Waals surface area contributed by atoms with Crippen molar-refractivity contribution < 1.29 is 0 Å². The van der Waals surface area contributed by atoms with E-state index in [9.17, 15) is 0 Å². The van der Waals surface area contributed by atoms with E-state index in [1.807, 2.05) is 0 Å². The van der Waals surface area contributed by atoms with E-state index in [0.717, 1.165) is 13.1 Å². The predicted molar refractivity (Wildman–Crippen MR) is 73.0 cm³/mol. The number of hydrogen-bond acceptors (Lipinski definition) is 3. The zero-order chi connectivity index (χ0) is 12.4. The Morgan fingerprint density at radius 3 is 2.12 bits per heavy atom. The van der Waals surface area contributed by atoms with Gasteiger partial charge in [0.2, 0.25) is 0 Å². The molecular weight excluding hydrogens is 198 g/mol. The van der Waals surface area contributed by atoms with Crippen LogP contribution in [0.5, 0.6) is 0 Å². The van der Waals surface area contributed by atoms with Crippen LogP contribution in [0.1, 0.15) is 33.6 Å². The highest BCUT2D eigenvalue weighted by Gasteiger charge is 2.10. The average molecular weight is 229 g/mol. The van der Waals surface area contributed by atoms with Crippen LogP contribution in [0.15, 0.2) is 0 Å². The van der Waals surface area contributed by atoms with Crippen molar-refractivity contribution in [2.24, 2.45) is 0 Å². The van der Waals surface area contributed by atoms with Gasteiger partial charge in [0.1, 0.15) is 0 Å². The van der Waals surface area contributed by atoms with Crippen LogP contribution in [-0.2, 0) is 0 Å². The van der Waals surface area contributed by atoms with Crippen LogP contribution < -0.4 is 5.32 Å². The smallest absolute Gasteiger partial charge is 0.0192 e. The first-order chi connectivity index (χ1) is 7.63. The summed E-state index contributed by atoms with van der Waals surface area (Å²) in [5.41, 5.74) is 0. The van der Waals surface area contributed by atoms with Crippen LogP contribution in [0, 0.1) is 0 Å². The molecule has 16 heavy (non-hydrogen) atoms. The van der Waals surface area contributed by atoms with E-state index in [-0.39, 0.29) is 0 Å². The van der Waals surface area contributed by atoms with Gasteiger partial charge in [0.15, 0.2) is 0 Å². The Kier molecular flexibility index (Phi) is 9.99. The summed E-state index contributed by atoms with van der Waals surface area (Å²) in [6.45, 7) is 12.5. The zero-order valence-corrected chi connectivity index (χ0v) is 11.9. The Bertz CT molecular complexity index is 148. The molecule has 0 fully saturated rings. The van der Waals surface area contributed by atoms with Crippen molar-refractivity contribution in [3.63, 3.8) is 0 Å². The van der Waals surface area contributed by atoms with Crippen LogP contribution in [0.3, 0.4) is 0 Å². The average Bonchev–Trinajstić information content (AvgIpc) is 2.25. The SMILES string of the molecule is CCCN(CCN(C)C)CC(CC)NCC. The molecule has 0 aliphatic rings. The molecule has 0 amide bonds. The van der Waals surface area contributed by atoms with E-state index in [0.29, 0.717) is 6.04 Å². The highest BCUT2D eigenvalue weighted by atomic mass is 15.2. The van der Waals surface area contributed by atoms with Gasteiger partial charge in [0.05, 0.1) is 0 Å². The third-order valence-corrected chi connectivity index (χ3v) is 2.87. The summed E-state index contributed by atoms with van der Waals surface area (Å²) < 4.78 is 0. The quantitative estimate of drug-likeness (QED) is 0.614. The second-order valence-corrected chi connectivity index (χ2v) is 4.77. The molecule has 0 aromatic carbocycles. The summed E-state index contributed by atoms with van der Waals surface area (Å²) in [6, 6.07) is 0.652. The van der Waals surface area contributed by atoms with E-state index in [4.69, 9.17) is 0 Å². The van der Waals surface area contributed by atoms with Gasteiger partial charge < -0.3 is 15.1 Å². The van der Waals surface area contributed by atoms with E-state index >= 15 is 0 Å². The van der Waals surface area contributed by atoms with Crippen LogP contribution in [0.4, 0.5) is 0 Å². The molecule has 0 aliphatic heterocycles. The lowest BCUT2D eigenvalue weighted by molar-refractivity contribution is 0.216. The van der Waals surface area contributed by atoms with Crippen molar-refractivity contribution >= 4 is 0 Å². The van der Waals surface area contributed by atoms with Crippen molar-refractivity contribution in [3.8, 4) is 0 Å². The first kappa shape index (κ1) is 15.9. The minimum Gasteiger partial charge on any atom is -0.313 e. The molecule has 0 bridgehead atoms. The first-order valence-electron chi connectivity index (χ1n) is 6.74. The Morgan fingerprint density at radius 1 is 1.00 bits per heavy atom. The van der Waals surface area contributed by atoms with Gasteiger partial charge in [-0.3, -0.25) is 0 Å². The minimum atomic E-state index is 0.652. The maximum absolute atomic E-state index is 3.55. The van der Waals surface area contributed by atoms with E-state index in [1.165, 1.54) is 32.5 Å². The summed E-state index contributed by atoms with van der Waals surface area (Å²) in [5.74, 6) is 0. The summed E-state index contributed by atoms with van der Waals surface area (Å²) in [4.78, 5) is 4.84. The van der Waals surface area contributed by atoms with Crippen molar-refractivity contribution in [1.29, 1.82) is 0 Å². The Morgan fingerprint density at radius 2 is 1.69 bits per heavy atom. The number of hydrogen-bond donors (Lipinski definition) is 1. The molecule has 0 spiro atoms. The molecule has 1 N–H and O–H groups in total. The maximum atomic E-state index is 3.55. The zero-order valence-electron chi connectivity index (χ0n) is 11.9. The van der Waals surface area contributed by atoms with Gasteiger partial charge in [-0.25, -0.2) is 0 Å². The predicted octanol–water partition coefficient (Wildman–Crippen LogP) is 1.65. The van der Waals surface area contributed by atoms with Crippen LogP contribution >= 0.6 is 0 Å². The molecule has 0 aliphatic carbocycles. The Balaban J connectivity index is 3.97. The molecular formula is C13H31N3. The normalized spacial score (nSPS) is 13.7. The molecule has 3 nitrogen and oxygen atoms in total. The van der Waals surface area contributed by atoms with Crippen molar-refractivity contribution in [1.82, 2.24) is 15.1 Å². The summed E-state index contributed by atoms with van der Waals surface area (Å²) in [5, 5.41) is 3.55. The van der Waals surface area contributed by atoms with Gasteiger partial charge in [0, 0.05) is 25.7 Å². The summed E-state index contributed by atoms with van der Waals surface area (Å²) >= 11 is 0. The van der Waals surface area contributed by atoms with Gasteiger partial charge >= 0.3 is 0 Å². The molecule has 0 aromatic rings. The molecule has 98 valence electrons. The number of nitrogens with one attached hydrogen (secondary N) is 1. The molecule has 0 saturated carbocycles. The van der Waals surface area contributed by atoms with E-state index in [1.54, 1.807) is 0 Å². The molecule has 0 aromatic heterocycles. The molecule has 1 unspecified atom stereocenters. The molecule has 0 radical (unpaired) electrons. The maximum Gasteiger partial charge on any atom is 0.0192 e. The third kappa shape index (κ3) is 8.08. The molecule has 0 rings (SSSR count). The van der Waals surface area contributed by atoms with Crippen molar-refractivity contribution in [3.05, 3.63) is 0 Å². The van der Waals surface area contributed by atoms with Gasteiger partial charge in [0.25, 0.3) is 0 Å². The van der Waals surface area contributed by atoms with Gasteiger partial charge in [-0.05, 0) is 40.0 Å². The van der Waals surface area contributed by atoms with E-state index < -0.39 is 0 Å². The Hall–Kier alpha value is -0.120. The van der Waals surface area contributed by atoms with Gasteiger partial charge in [-0.15, -0.1) is 0 Å². The van der Waals surface area contributed by atoms with Crippen molar-refractivity contribution in [2.75, 3.05) is 46.8 Å². The number of nitrogens with zero attached hydrogens (tertiary/aromatic N) is 2. The fraction of sp³-hybridized carbons (Fsp3) is 1.00. The van der Waals surface area contributed by atoms with Gasteiger partial charge in [-0.2, -0.15) is 0 Å². The van der Waals surface area contributed by atoms with Crippen LogP contribution in [0.2, 0.25) is 0 Å². The summed E-state index contributed by atoms with van der Waals surface area (Å²) in [7, 11) is 4.29. The fourth-order valence-electron chi connectivity index (χ4n) is 1.89. The highest BCUT2D eigenvalue weighted by molar-refractivity contribution is 4.70. The lowest BCUT2D eigenvalue weighted by atomic mass is 10.2. The molecule has 3 heteroatoms. The lowest BCUT2D eigenvalue weighted by Gasteiger charge is -2.28. The minimum absolute atomic E-state index is 0.652. The molecule has 1 atom stereocenters. The summed E-state index contributed by atoms with van der Waals surface area (Å²) in [6.07, 6.45) is 2.46. The topological polar surface area (TPSA) is 18.5 Å². The second kappa shape index (κ2) is 10.1. The molecule has 0 saturated heterocycles. The van der Waals surface area contributed by atoms with Crippen LogP contribution in [-0.4, -0.2) is 62.7 Å².